The lowest BCUT2D eigenvalue weighted by molar-refractivity contribution is 0.169. The van der Waals surface area contributed by atoms with Crippen LogP contribution in [0.25, 0.3) is 0 Å². The lowest BCUT2D eigenvalue weighted by atomic mass is 10.1. The smallest absolute Gasteiger partial charge is 0.147 e. The molecule has 5 nitrogen and oxygen atoms in total. The molecule has 0 aliphatic carbocycles. The van der Waals surface area contributed by atoms with Crippen LogP contribution in [0.1, 0.15) is 29.5 Å². The summed E-state index contributed by atoms with van der Waals surface area (Å²) in [6.07, 6.45) is 1.43. The Balaban J connectivity index is 2.44. The highest BCUT2D eigenvalue weighted by atomic mass is 32.2. The standard InChI is InChI=1S/C8H14N2O3S2/c1-6-8(14-10-9-6)7(11)4-3-5-15(2,12)13/h7,11H,3-5H2,1-2H3. The van der Waals surface area contributed by atoms with Crippen LogP contribution in [0.4, 0.5) is 0 Å². The van der Waals surface area contributed by atoms with Crippen LogP contribution in [-0.2, 0) is 9.84 Å². The van der Waals surface area contributed by atoms with Crippen molar-refractivity contribution < 1.29 is 13.5 Å². The Morgan fingerprint density at radius 2 is 2.20 bits per heavy atom. The summed E-state index contributed by atoms with van der Waals surface area (Å²) in [6.45, 7) is 1.78. The predicted octanol–water partition coefficient (Wildman–Crippen LogP) is 0.705. The number of hydrogen-bond acceptors (Lipinski definition) is 6. The van der Waals surface area contributed by atoms with Crippen LogP contribution < -0.4 is 0 Å². The van der Waals surface area contributed by atoms with Gasteiger partial charge in [0.25, 0.3) is 0 Å². The molecule has 0 fully saturated rings. The third-order valence-electron chi connectivity index (χ3n) is 1.98. The number of aliphatic hydroxyl groups is 1. The molecule has 1 unspecified atom stereocenters. The fourth-order valence-corrected chi connectivity index (χ4v) is 2.57. The Bertz CT molecular complexity index is 413. The van der Waals surface area contributed by atoms with Crippen LogP contribution in [0.3, 0.4) is 0 Å². The van der Waals surface area contributed by atoms with Crippen LogP contribution in [0.2, 0.25) is 0 Å². The summed E-state index contributed by atoms with van der Waals surface area (Å²) in [4.78, 5) is 0.725. The molecule has 0 saturated heterocycles. The van der Waals surface area contributed by atoms with E-state index in [0.29, 0.717) is 18.5 Å². The SMILES string of the molecule is Cc1nnsc1C(O)CCCS(C)(=O)=O. The molecule has 1 aromatic rings. The van der Waals surface area contributed by atoms with E-state index in [0.717, 1.165) is 16.4 Å². The van der Waals surface area contributed by atoms with Crippen molar-refractivity contribution >= 4 is 21.4 Å². The summed E-state index contributed by atoms with van der Waals surface area (Å²) in [5.74, 6) is 0.106. The van der Waals surface area contributed by atoms with Crippen molar-refractivity contribution in [3.8, 4) is 0 Å². The number of sulfone groups is 1. The van der Waals surface area contributed by atoms with Crippen LogP contribution in [0, 0.1) is 6.92 Å². The molecular formula is C8H14N2O3S2. The van der Waals surface area contributed by atoms with Gasteiger partial charge in [-0.3, -0.25) is 0 Å². The van der Waals surface area contributed by atoms with Crippen LogP contribution in [0.15, 0.2) is 0 Å². The maximum Gasteiger partial charge on any atom is 0.147 e. The monoisotopic (exact) mass is 250 g/mol. The maximum atomic E-state index is 10.9. The van der Waals surface area contributed by atoms with E-state index in [2.05, 4.69) is 9.59 Å². The quantitative estimate of drug-likeness (QED) is 0.832. The first-order valence-electron chi connectivity index (χ1n) is 4.55. The third-order valence-corrected chi connectivity index (χ3v) is 3.94. The molecule has 1 atom stereocenters. The Morgan fingerprint density at radius 3 is 2.67 bits per heavy atom. The Hall–Kier alpha value is -0.530. The van der Waals surface area contributed by atoms with E-state index in [9.17, 15) is 13.5 Å². The highest BCUT2D eigenvalue weighted by molar-refractivity contribution is 7.90. The van der Waals surface area contributed by atoms with Crippen molar-refractivity contribution in [1.29, 1.82) is 0 Å². The highest BCUT2D eigenvalue weighted by Gasteiger charge is 2.14. The van der Waals surface area contributed by atoms with Crippen molar-refractivity contribution in [1.82, 2.24) is 9.59 Å². The molecule has 0 saturated carbocycles. The van der Waals surface area contributed by atoms with Crippen molar-refractivity contribution in [2.75, 3.05) is 12.0 Å². The normalized spacial score (nSPS) is 14.1. The van der Waals surface area contributed by atoms with Crippen molar-refractivity contribution in [3.05, 3.63) is 10.6 Å². The first-order valence-corrected chi connectivity index (χ1v) is 7.38. The lowest BCUT2D eigenvalue weighted by Gasteiger charge is -2.07. The van der Waals surface area contributed by atoms with Gasteiger partial charge in [0.2, 0.25) is 0 Å². The van der Waals surface area contributed by atoms with E-state index < -0.39 is 15.9 Å². The number of rotatable bonds is 5. The van der Waals surface area contributed by atoms with Gasteiger partial charge in [-0.1, -0.05) is 4.49 Å². The number of hydrogen-bond donors (Lipinski definition) is 1. The van der Waals surface area contributed by atoms with Gasteiger partial charge >= 0.3 is 0 Å². The Labute approximate surface area is 93.2 Å². The summed E-state index contributed by atoms with van der Waals surface area (Å²) < 4.78 is 25.4. The Kier molecular flexibility index (Phi) is 4.18. The second-order valence-electron chi connectivity index (χ2n) is 3.51. The molecule has 86 valence electrons. The molecule has 1 aromatic heterocycles. The van der Waals surface area contributed by atoms with Crippen LogP contribution >= 0.6 is 11.5 Å². The minimum absolute atomic E-state index is 0.106. The molecule has 1 N–H and O–H groups in total. The number of aromatic nitrogens is 2. The van der Waals surface area contributed by atoms with E-state index >= 15 is 0 Å². The lowest BCUT2D eigenvalue weighted by Crippen LogP contribution is -2.05. The summed E-state index contributed by atoms with van der Waals surface area (Å²) in [6, 6.07) is 0. The molecule has 0 aliphatic rings. The fraction of sp³-hybridized carbons (Fsp3) is 0.750. The molecule has 0 amide bonds. The maximum absolute atomic E-state index is 10.9. The number of nitrogens with zero attached hydrogens (tertiary/aromatic N) is 2. The van der Waals surface area contributed by atoms with Gasteiger partial charge in [0.15, 0.2) is 0 Å². The van der Waals surface area contributed by atoms with E-state index in [1.54, 1.807) is 6.92 Å². The molecule has 0 aliphatic heterocycles. The fourth-order valence-electron chi connectivity index (χ4n) is 1.21. The Morgan fingerprint density at radius 1 is 1.53 bits per heavy atom. The van der Waals surface area contributed by atoms with Gasteiger partial charge in [0, 0.05) is 12.0 Å². The van der Waals surface area contributed by atoms with Gasteiger partial charge in [0.05, 0.1) is 16.7 Å². The largest absolute Gasteiger partial charge is 0.387 e. The molecule has 7 heteroatoms. The average molecular weight is 250 g/mol. The first kappa shape index (κ1) is 12.5. The molecule has 1 heterocycles. The van der Waals surface area contributed by atoms with Crippen LogP contribution in [-0.4, -0.2) is 35.1 Å². The summed E-state index contributed by atoms with van der Waals surface area (Å²) in [5.41, 5.74) is 0.715. The van der Waals surface area contributed by atoms with E-state index in [-0.39, 0.29) is 5.75 Å². The van der Waals surface area contributed by atoms with E-state index in [4.69, 9.17) is 0 Å². The second kappa shape index (κ2) is 5.00. The minimum Gasteiger partial charge on any atom is -0.387 e. The number of aliphatic hydroxyl groups excluding tert-OH is 1. The highest BCUT2D eigenvalue weighted by Crippen LogP contribution is 2.23. The molecule has 1 rings (SSSR count). The molecule has 0 aromatic carbocycles. The topological polar surface area (TPSA) is 80.2 Å². The number of aryl methyl sites for hydroxylation is 1. The van der Waals surface area contributed by atoms with E-state index in [1.165, 1.54) is 6.26 Å². The van der Waals surface area contributed by atoms with Gasteiger partial charge in [-0.05, 0) is 31.3 Å². The summed E-state index contributed by atoms with van der Waals surface area (Å²) in [5, 5.41) is 13.5. The van der Waals surface area contributed by atoms with Crippen molar-refractivity contribution in [2.24, 2.45) is 0 Å². The second-order valence-corrected chi connectivity index (χ2v) is 6.56. The molecule has 15 heavy (non-hydrogen) atoms. The van der Waals surface area contributed by atoms with Gasteiger partial charge in [-0.15, -0.1) is 5.10 Å². The summed E-state index contributed by atoms with van der Waals surface area (Å²) in [7, 11) is -2.94. The zero-order chi connectivity index (χ0) is 11.5. The van der Waals surface area contributed by atoms with Gasteiger partial charge < -0.3 is 5.11 Å². The zero-order valence-electron chi connectivity index (χ0n) is 8.67. The molecule has 0 bridgehead atoms. The molecular weight excluding hydrogens is 236 g/mol. The van der Waals surface area contributed by atoms with E-state index in [1.807, 2.05) is 0 Å². The third kappa shape index (κ3) is 4.23. The summed E-state index contributed by atoms with van der Waals surface area (Å²) >= 11 is 1.16. The molecule has 0 radical (unpaired) electrons. The minimum atomic E-state index is -2.94. The first-order chi connectivity index (χ1) is 6.90. The molecule has 0 spiro atoms. The predicted molar refractivity (Wildman–Crippen MR) is 58.6 cm³/mol. The zero-order valence-corrected chi connectivity index (χ0v) is 10.3. The van der Waals surface area contributed by atoms with Crippen molar-refractivity contribution in [3.63, 3.8) is 0 Å². The van der Waals surface area contributed by atoms with Gasteiger partial charge in [0.1, 0.15) is 9.84 Å². The van der Waals surface area contributed by atoms with Gasteiger partial charge in [-0.25, -0.2) is 8.42 Å². The van der Waals surface area contributed by atoms with Gasteiger partial charge in [-0.2, -0.15) is 0 Å². The van der Waals surface area contributed by atoms with Crippen molar-refractivity contribution in [2.45, 2.75) is 25.9 Å². The van der Waals surface area contributed by atoms with Crippen LogP contribution in [0.5, 0.6) is 0 Å². The average Bonchev–Trinajstić information content (AvgIpc) is 2.48.